The van der Waals surface area contributed by atoms with Gasteiger partial charge in [-0.05, 0) is 32.9 Å². The molecule has 176 valence electrons. The lowest BCUT2D eigenvalue weighted by atomic mass is 9.91. The molecule has 1 aromatic heterocycles. The van der Waals surface area contributed by atoms with E-state index in [-0.39, 0.29) is 36.0 Å². The maximum atomic E-state index is 13.9. The van der Waals surface area contributed by atoms with Gasteiger partial charge in [0.2, 0.25) is 5.43 Å². The second-order valence-corrected chi connectivity index (χ2v) is 8.66. The van der Waals surface area contributed by atoms with Crippen molar-refractivity contribution >= 4 is 11.8 Å². The third-order valence-electron chi connectivity index (χ3n) is 6.98. The largest absolute Gasteiger partial charge is 0.503 e. The highest BCUT2D eigenvalue weighted by Gasteiger charge is 2.51. The summed E-state index contributed by atoms with van der Waals surface area (Å²) >= 11 is 0. The number of pyridine rings is 1. The number of amides is 2. The summed E-state index contributed by atoms with van der Waals surface area (Å²) in [4.78, 5) is 42.6. The van der Waals surface area contributed by atoms with Crippen LogP contribution in [0.4, 0.5) is 8.78 Å². The predicted octanol–water partition coefficient (Wildman–Crippen LogP) is 2.05. The molecule has 0 aliphatic carbocycles. The maximum Gasteiger partial charge on any atom is 0.276 e. The Bertz CT molecular complexity index is 1200. The summed E-state index contributed by atoms with van der Waals surface area (Å²) in [5, 5.41) is 13.0. The molecule has 1 fully saturated rings. The van der Waals surface area contributed by atoms with Crippen LogP contribution in [0.25, 0.3) is 0 Å². The van der Waals surface area contributed by atoms with E-state index in [1.807, 2.05) is 14.0 Å². The monoisotopic (exact) mass is 460 g/mol. The summed E-state index contributed by atoms with van der Waals surface area (Å²) in [6, 6.07) is 3.18. The second kappa shape index (κ2) is 8.26. The van der Waals surface area contributed by atoms with Gasteiger partial charge in [0.25, 0.3) is 11.8 Å². The average Bonchev–Trinajstić information content (AvgIpc) is 2.78. The molecule has 2 aliphatic heterocycles. The Labute approximate surface area is 189 Å². The first-order chi connectivity index (χ1) is 15.6. The van der Waals surface area contributed by atoms with E-state index in [1.54, 1.807) is 4.90 Å². The van der Waals surface area contributed by atoms with E-state index in [4.69, 9.17) is 0 Å². The number of aromatic nitrogens is 1. The summed E-state index contributed by atoms with van der Waals surface area (Å²) in [6.45, 7) is 4.53. The molecule has 2 amide bonds. The Morgan fingerprint density at radius 3 is 2.70 bits per heavy atom. The van der Waals surface area contributed by atoms with Crippen molar-refractivity contribution in [2.45, 2.75) is 51.5 Å². The van der Waals surface area contributed by atoms with E-state index in [0.717, 1.165) is 12.5 Å². The SMILES string of the molecule is CCC12Cn3cc(C(=O)NCc4ccc(F)cc4F)c(=O)c(O)c3C(=O)N1CC[C@H](C)N2C. The molecule has 2 aliphatic rings. The molecule has 2 aromatic rings. The van der Waals surface area contributed by atoms with Crippen LogP contribution in [0.2, 0.25) is 0 Å². The fourth-order valence-electron chi connectivity index (χ4n) is 4.85. The van der Waals surface area contributed by atoms with Crippen LogP contribution >= 0.6 is 0 Å². The molecule has 1 unspecified atom stereocenters. The molecule has 0 saturated carbocycles. The number of hydrogen-bond acceptors (Lipinski definition) is 5. The topological polar surface area (TPSA) is 94.9 Å². The lowest BCUT2D eigenvalue weighted by molar-refractivity contribution is -0.101. The molecule has 2 atom stereocenters. The van der Waals surface area contributed by atoms with Crippen molar-refractivity contribution < 1.29 is 23.5 Å². The molecule has 2 N–H and O–H groups in total. The maximum absolute atomic E-state index is 13.9. The van der Waals surface area contributed by atoms with Gasteiger partial charge in [-0.25, -0.2) is 8.78 Å². The number of halogens is 2. The summed E-state index contributed by atoms with van der Waals surface area (Å²) in [6.07, 6.45) is 2.64. The number of aromatic hydroxyl groups is 1. The molecule has 8 nitrogen and oxygen atoms in total. The van der Waals surface area contributed by atoms with Gasteiger partial charge in [0.05, 0.1) is 6.54 Å². The van der Waals surface area contributed by atoms with Gasteiger partial charge >= 0.3 is 0 Å². The molecule has 33 heavy (non-hydrogen) atoms. The van der Waals surface area contributed by atoms with Crippen molar-refractivity contribution in [3.63, 3.8) is 0 Å². The van der Waals surface area contributed by atoms with Crippen molar-refractivity contribution in [3.8, 4) is 5.75 Å². The van der Waals surface area contributed by atoms with Gasteiger partial charge in [0.1, 0.15) is 22.9 Å². The number of nitrogens with zero attached hydrogens (tertiary/aromatic N) is 3. The standard InChI is InChI=1S/C23H26F2N4O4/c1-4-23-12-28-11-16(21(32)26-10-14-5-6-15(24)9-17(14)25)19(30)20(31)18(28)22(33)29(23)8-7-13(2)27(23)3/h5-6,9,11,13,31H,4,7-8,10,12H2,1-3H3,(H,26,32)/t13-,23?/m0/s1. The van der Waals surface area contributed by atoms with Crippen LogP contribution in [-0.2, 0) is 13.1 Å². The fourth-order valence-corrected chi connectivity index (χ4v) is 4.85. The van der Waals surface area contributed by atoms with Gasteiger partial charge in [-0.15, -0.1) is 0 Å². The van der Waals surface area contributed by atoms with E-state index >= 15 is 0 Å². The van der Waals surface area contributed by atoms with Crippen molar-refractivity contribution in [1.82, 2.24) is 19.7 Å². The zero-order valence-electron chi connectivity index (χ0n) is 18.7. The van der Waals surface area contributed by atoms with Crippen LogP contribution in [0.5, 0.6) is 5.75 Å². The lowest BCUT2D eigenvalue weighted by Gasteiger charge is -2.57. The third kappa shape index (κ3) is 3.58. The van der Waals surface area contributed by atoms with Crippen LogP contribution in [0.15, 0.2) is 29.2 Å². The molecule has 1 saturated heterocycles. The van der Waals surface area contributed by atoms with Gasteiger partial charge in [0, 0.05) is 37.0 Å². The van der Waals surface area contributed by atoms with E-state index < -0.39 is 40.3 Å². The average molecular weight is 460 g/mol. The number of likely N-dealkylation sites (N-methyl/N-ethyl adjacent to an activating group) is 1. The molecule has 4 rings (SSSR count). The quantitative estimate of drug-likeness (QED) is 0.728. The summed E-state index contributed by atoms with van der Waals surface area (Å²) in [5.41, 5.74) is -2.10. The highest BCUT2D eigenvalue weighted by atomic mass is 19.1. The van der Waals surface area contributed by atoms with E-state index in [2.05, 4.69) is 17.1 Å². The fraction of sp³-hybridized carbons (Fsp3) is 0.435. The van der Waals surface area contributed by atoms with Gasteiger partial charge in [-0.2, -0.15) is 0 Å². The highest BCUT2D eigenvalue weighted by molar-refractivity contribution is 5.99. The predicted molar refractivity (Wildman–Crippen MR) is 116 cm³/mol. The van der Waals surface area contributed by atoms with Crippen molar-refractivity contribution in [2.24, 2.45) is 0 Å². The Kier molecular flexibility index (Phi) is 5.73. The molecule has 0 radical (unpaired) electrons. The Balaban J connectivity index is 1.69. The van der Waals surface area contributed by atoms with E-state index in [9.17, 15) is 28.3 Å². The van der Waals surface area contributed by atoms with Crippen LogP contribution in [0, 0.1) is 11.6 Å². The molecule has 3 heterocycles. The number of carbonyl (C=O) groups excluding carboxylic acids is 2. The summed E-state index contributed by atoms with van der Waals surface area (Å²) in [5.74, 6) is -3.65. The minimum Gasteiger partial charge on any atom is -0.503 e. The minimum absolute atomic E-state index is 0.0422. The zero-order chi connectivity index (χ0) is 24.1. The van der Waals surface area contributed by atoms with Crippen molar-refractivity contribution in [3.05, 3.63) is 63.1 Å². The number of rotatable bonds is 4. The Morgan fingerprint density at radius 2 is 2.03 bits per heavy atom. The van der Waals surface area contributed by atoms with Gasteiger partial charge in [0.15, 0.2) is 11.4 Å². The first-order valence-electron chi connectivity index (χ1n) is 10.8. The number of benzene rings is 1. The first-order valence-corrected chi connectivity index (χ1v) is 10.8. The molecule has 1 aromatic carbocycles. The van der Waals surface area contributed by atoms with Crippen LogP contribution in [-0.4, -0.2) is 56.6 Å². The minimum atomic E-state index is -0.977. The van der Waals surface area contributed by atoms with E-state index in [1.165, 1.54) is 16.8 Å². The second-order valence-electron chi connectivity index (χ2n) is 8.66. The Hall–Kier alpha value is -3.27. The van der Waals surface area contributed by atoms with Crippen LogP contribution < -0.4 is 10.7 Å². The third-order valence-corrected chi connectivity index (χ3v) is 6.98. The first kappa shape index (κ1) is 22.9. The number of carbonyl (C=O) groups is 2. The molecule has 0 bridgehead atoms. The van der Waals surface area contributed by atoms with E-state index in [0.29, 0.717) is 19.0 Å². The molecular formula is C23H26F2N4O4. The lowest BCUT2D eigenvalue weighted by Crippen LogP contribution is -2.71. The number of fused-ring (bicyclic) bond motifs is 2. The van der Waals surface area contributed by atoms with Crippen LogP contribution in [0.1, 0.15) is 53.1 Å². The van der Waals surface area contributed by atoms with Gasteiger partial charge < -0.3 is 19.9 Å². The normalized spacial score (nSPS) is 22.6. The van der Waals surface area contributed by atoms with Gasteiger partial charge in [-0.3, -0.25) is 19.3 Å². The number of hydrogen-bond donors (Lipinski definition) is 2. The van der Waals surface area contributed by atoms with Crippen molar-refractivity contribution in [2.75, 3.05) is 13.6 Å². The molecular weight excluding hydrogens is 434 g/mol. The smallest absolute Gasteiger partial charge is 0.276 e. The highest BCUT2D eigenvalue weighted by Crippen LogP contribution is 2.38. The van der Waals surface area contributed by atoms with Crippen molar-refractivity contribution in [1.29, 1.82) is 0 Å². The van der Waals surface area contributed by atoms with Gasteiger partial charge in [-0.1, -0.05) is 13.0 Å². The van der Waals surface area contributed by atoms with Crippen LogP contribution in [0.3, 0.4) is 0 Å². The summed E-state index contributed by atoms with van der Waals surface area (Å²) in [7, 11) is 1.94. The Morgan fingerprint density at radius 1 is 1.30 bits per heavy atom. The molecule has 10 heteroatoms. The molecule has 0 spiro atoms. The number of nitrogens with one attached hydrogen (secondary N) is 1. The summed E-state index contributed by atoms with van der Waals surface area (Å²) < 4.78 is 28.4. The zero-order valence-corrected chi connectivity index (χ0v) is 18.7.